The van der Waals surface area contributed by atoms with Crippen LogP contribution in [-0.4, -0.2) is 28.0 Å². The molecule has 0 saturated heterocycles. The number of aromatic nitrogens is 1. The van der Waals surface area contributed by atoms with Gasteiger partial charge in [-0.1, -0.05) is 11.3 Å². The van der Waals surface area contributed by atoms with Crippen LogP contribution in [0.4, 0.5) is 5.13 Å². The number of amides is 1. The van der Waals surface area contributed by atoms with E-state index in [1.807, 2.05) is 0 Å². The van der Waals surface area contributed by atoms with Crippen molar-refractivity contribution in [2.45, 2.75) is 32.7 Å². The Bertz CT molecular complexity index is 451. The zero-order chi connectivity index (χ0) is 11.9. The summed E-state index contributed by atoms with van der Waals surface area (Å²) in [6.07, 6.45) is 1.95. The van der Waals surface area contributed by atoms with Crippen molar-refractivity contribution in [3.8, 4) is 0 Å². The van der Waals surface area contributed by atoms with E-state index >= 15 is 0 Å². The topological polar surface area (TPSA) is 70.5 Å². The number of carbonyl (C=O) groups excluding carboxylic acids is 1. The summed E-state index contributed by atoms with van der Waals surface area (Å²) in [6, 6.07) is 0.213. The number of hydrogen-bond donors (Lipinski definition) is 1. The summed E-state index contributed by atoms with van der Waals surface area (Å²) >= 11 is 1.07. The standard InChI is InChI=1S/C10H12N2O3S/c1-5-8(9(14)15)16-10(11-5)12(6(2)13)7-3-4-7/h7H,3-4H2,1-2H3,(H,14,15). The molecule has 1 aliphatic carbocycles. The van der Waals surface area contributed by atoms with Crippen molar-refractivity contribution in [3.63, 3.8) is 0 Å². The lowest BCUT2D eigenvalue weighted by atomic mass is 10.4. The quantitative estimate of drug-likeness (QED) is 0.872. The second-order valence-electron chi connectivity index (χ2n) is 3.84. The maximum Gasteiger partial charge on any atom is 0.347 e. The fourth-order valence-corrected chi connectivity index (χ4v) is 2.59. The van der Waals surface area contributed by atoms with Crippen LogP contribution in [0.25, 0.3) is 0 Å². The molecule has 1 aromatic heterocycles. The number of carboxylic acids is 1. The van der Waals surface area contributed by atoms with Gasteiger partial charge in [-0.3, -0.25) is 9.69 Å². The first-order valence-corrected chi connectivity index (χ1v) is 5.83. The smallest absolute Gasteiger partial charge is 0.347 e. The van der Waals surface area contributed by atoms with Crippen molar-refractivity contribution in [1.82, 2.24) is 4.98 Å². The molecule has 5 nitrogen and oxygen atoms in total. The Labute approximate surface area is 96.7 Å². The van der Waals surface area contributed by atoms with Gasteiger partial charge in [-0.05, 0) is 19.8 Å². The van der Waals surface area contributed by atoms with Gasteiger partial charge in [-0.2, -0.15) is 0 Å². The number of carbonyl (C=O) groups is 2. The Balaban J connectivity index is 2.35. The van der Waals surface area contributed by atoms with E-state index in [-0.39, 0.29) is 16.8 Å². The van der Waals surface area contributed by atoms with E-state index in [1.54, 1.807) is 11.8 Å². The Hall–Kier alpha value is -1.43. The third-order valence-electron chi connectivity index (χ3n) is 2.44. The van der Waals surface area contributed by atoms with Gasteiger partial charge in [0, 0.05) is 13.0 Å². The molecule has 86 valence electrons. The van der Waals surface area contributed by atoms with Crippen molar-refractivity contribution in [1.29, 1.82) is 0 Å². The van der Waals surface area contributed by atoms with E-state index in [0.717, 1.165) is 24.2 Å². The Morgan fingerprint density at radius 2 is 2.12 bits per heavy atom. The van der Waals surface area contributed by atoms with Crippen molar-refractivity contribution in [2.24, 2.45) is 0 Å². The molecule has 1 amide bonds. The largest absolute Gasteiger partial charge is 0.477 e. The summed E-state index contributed by atoms with van der Waals surface area (Å²) in [5.74, 6) is -1.06. The molecule has 1 fully saturated rings. The number of aromatic carboxylic acids is 1. The summed E-state index contributed by atoms with van der Waals surface area (Å²) in [6.45, 7) is 3.13. The summed E-state index contributed by atoms with van der Waals surface area (Å²) < 4.78 is 0. The number of anilines is 1. The predicted molar refractivity (Wildman–Crippen MR) is 60.0 cm³/mol. The molecule has 1 aliphatic rings. The Morgan fingerprint density at radius 3 is 2.50 bits per heavy atom. The molecule has 0 atom stereocenters. The highest BCUT2D eigenvalue weighted by atomic mass is 32.1. The Morgan fingerprint density at radius 1 is 1.50 bits per heavy atom. The number of rotatable bonds is 3. The summed E-state index contributed by atoms with van der Waals surface area (Å²) in [5, 5.41) is 9.43. The highest BCUT2D eigenvalue weighted by Crippen LogP contribution is 2.35. The first-order valence-electron chi connectivity index (χ1n) is 5.01. The SMILES string of the molecule is CC(=O)N(c1nc(C)c(C(=O)O)s1)C1CC1. The zero-order valence-electron chi connectivity index (χ0n) is 9.06. The van der Waals surface area contributed by atoms with Crippen LogP contribution >= 0.6 is 11.3 Å². The van der Waals surface area contributed by atoms with Gasteiger partial charge >= 0.3 is 5.97 Å². The van der Waals surface area contributed by atoms with Crippen molar-refractivity contribution < 1.29 is 14.7 Å². The van der Waals surface area contributed by atoms with Crippen LogP contribution in [0, 0.1) is 6.92 Å². The van der Waals surface area contributed by atoms with Crippen LogP contribution < -0.4 is 4.90 Å². The van der Waals surface area contributed by atoms with Crippen LogP contribution in [0.2, 0.25) is 0 Å². The molecule has 0 radical (unpaired) electrons. The number of aryl methyl sites for hydroxylation is 1. The van der Waals surface area contributed by atoms with Crippen LogP contribution in [0.3, 0.4) is 0 Å². The normalized spacial score (nSPS) is 14.9. The lowest BCUT2D eigenvalue weighted by molar-refractivity contribution is -0.116. The van der Waals surface area contributed by atoms with Crippen LogP contribution in [-0.2, 0) is 4.79 Å². The molecule has 0 unspecified atom stereocenters. The number of carboxylic acid groups (broad SMARTS) is 1. The molecular weight excluding hydrogens is 228 g/mol. The molecule has 16 heavy (non-hydrogen) atoms. The highest BCUT2D eigenvalue weighted by molar-refractivity contribution is 7.17. The fraction of sp³-hybridized carbons (Fsp3) is 0.500. The molecule has 2 rings (SSSR count). The van der Waals surface area contributed by atoms with Gasteiger partial charge in [-0.25, -0.2) is 9.78 Å². The maximum atomic E-state index is 11.5. The lowest BCUT2D eigenvalue weighted by Crippen LogP contribution is -2.30. The molecule has 1 N–H and O–H groups in total. The lowest BCUT2D eigenvalue weighted by Gasteiger charge is -2.16. The molecule has 6 heteroatoms. The third kappa shape index (κ3) is 1.92. The number of hydrogen-bond acceptors (Lipinski definition) is 4. The second-order valence-corrected chi connectivity index (χ2v) is 4.81. The minimum absolute atomic E-state index is 0.0758. The van der Waals surface area contributed by atoms with Crippen LogP contribution in [0.5, 0.6) is 0 Å². The van der Waals surface area contributed by atoms with Gasteiger partial charge in [0.05, 0.1) is 5.69 Å². The molecule has 1 saturated carbocycles. The van der Waals surface area contributed by atoms with E-state index in [1.165, 1.54) is 6.92 Å². The van der Waals surface area contributed by atoms with Crippen LogP contribution in [0.15, 0.2) is 0 Å². The highest BCUT2D eigenvalue weighted by Gasteiger charge is 2.34. The van der Waals surface area contributed by atoms with E-state index in [4.69, 9.17) is 5.11 Å². The van der Waals surface area contributed by atoms with E-state index < -0.39 is 5.97 Å². The second kappa shape index (κ2) is 3.86. The van der Waals surface area contributed by atoms with E-state index in [9.17, 15) is 9.59 Å². The van der Waals surface area contributed by atoms with Gasteiger partial charge < -0.3 is 5.11 Å². The zero-order valence-corrected chi connectivity index (χ0v) is 9.87. The van der Waals surface area contributed by atoms with Crippen molar-refractivity contribution in [3.05, 3.63) is 10.6 Å². The molecule has 1 heterocycles. The average Bonchev–Trinajstić information content (AvgIpc) is 2.89. The third-order valence-corrected chi connectivity index (χ3v) is 3.58. The molecule has 0 aromatic carbocycles. The summed E-state index contributed by atoms with van der Waals surface area (Å²) in [4.78, 5) is 28.3. The molecule has 1 aromatic rings. The van der Waals surface area contributed by atoms with Crippen LogP contribution in [0.1, 0.15) is 35.1 Å². The molecular formula is C10H12N2O3S. The van der Waals surface area contributed by atoms with Gasteiger partial charge in [0.25, 0.3) is 0 Å². The maximum absolute atomic E-state index is 11.5. The van der Waals surface area contributed by atoms with Gasteiger partial charge in [0.2, 0.25) is 5.91 Å². The molecule has 0 bridgehead atoms. The van der Waals surface area contributed by atoms with Gasteiger partial charge in [-0.15, -0.1) is 0 Å². The summed E-state index contributed by atoms with van der Waals surface area (Å²) in [7, 11) is 0. The van der Waals surface area contributed by atoms with E-state index in [2.05, 4.69) is 4.98 Å². The van der Waals surface area contributed by atoms with Gasteiger partial charge in [0.1, 0.15) is 4.88 Å². The van der Waals surface area contributed by atoms with E-state index in [0.29, 0.717) is 10.8 Å². The predicted octanol–water partition coefficient (Wildman–Crippen LogP) is 1.67. The first kappa shape index (κ1) is 11.1. The summed E-state index contributed by atoms with van der Waals surface area (Å²) in [5.41, 5.74) is 0.472. The first-order chi connectivity index (χ1) is 7.50. The molecule has 0 aliphatic heterocycles. The van der Waals surface area contributed by atoms with Crippen molar-refractivity contribution in [2.75, 3.05) is 4.90 Å². The minimum atomic E-state index is -0.986. The minimum Gasteiger partial charge on any atom is -0.477 e. The monoisotopic (exact) mass is 240 g/mol. The number of thiazole rings is 1. The Kier molecular flexibility index (Phi) is 2.67. The molecule has 0 spiro atoms. The fourth-order valence-electron chi connectivity index (χ4n) is 1.56. The average molecular weight is 240 g/mol. The number of nitrogens with zero attached hydrogens (tertiary/aromatic N) is 2. The van der Waals surface area contributed by atoms with Crippen molar-refractivity contribution >= 4 is 28.3 Å². The van der Waals surface area contributed by atoms with Gasteiger partial charge in [0.15, 0.2) is 5.13 Å².